The van der Waals surface area contributed by atoms with Crippen LogP contribution >= 0.6 is 0 Å². The molecular weight excluding hydrogens is 212 g/mol. The predicted octanol–water partition coefficient (Wildman–Crippen LogP) is 1.36. The number of carbonyl (C=O) groups excluding carboxylic acids is 1. The fourth-order valence-corrected chi connectivity index (χ4v) is 1.35. The zero-order valence-electron chi connectivity index (χ0n) is 9.02. The Balaban J connectivity index is 3.17. The lowest BCUT2D eigenvalue weighted by molar-refractivity contribution is -0.135. The summed E-state index contributed by atoms with van der Waals surface area (Å²) in [5.41, 5.74) is 0.162. The van der Waals surface area contributed by atoms with Gasteiger partial charge in [-0.25, -0.2) is 0 Å². The van der Waals surface area contributed by atoms with Gasteiger partial charge in [0.25, 0.3) is 0 Å². The first-order valence-corrected chi connectivity index (χ1v) is 4.56. The fraction of sp³-hybridized carbons (Fsp3) is 0.273. The summed E-state index contributed by atoms with van der Waals surface area (Å²) in [6, 6.07) is 4.82. The van der Waals surface area contributed by atoms with Gasteiger partial charge in [0, 0.05) is 0 Å². The van der Waals surface area contributed by atoms with Crippen molar-refractivity contribution in [1.82, 2.24) is 0 Å². The zero-order valence-corrected chi connectivity index (χ0v) is 9.02. The number of aliphatic carboxylic acids is 1. The minimum absolute atomic E-state index is 0.162. The van der Waals surface area contributed by atoms with E-state index in [1.807, 2.05) is 0 Å². The quantitative estimate of drug-likeness (QED) is 0.604. The fourth-order valence-electron chi connectivity index (χ4n) is 1.35. The van der Waals surface area contributed by atoms with Gasteiger partial charge in [0.15, 0.2) is 5.78 Å². The van der Waals surface area contributed by atoms with Crippen molar-refractivity contribution in [2.45, 2.75) is 6.42 Å². The van der Waals surface area contributed by atoms with Crippen LogP contribution in [-0.2, 0) is 4.79 Å². The standard InChI is InChI=1S/C11H12O5/c1-15-8-4-3-5-9(16-2)11(8)7(12)6-10(13)14/h3-5H,6H2,1-2H3,(H,13,14). The molecule has 0 aliphatic rings. The van der Waals surface area contributed by atoms with Gasteiger partial charge >= 0.3 is 5.97 Å². The first-order chi connectivity index (χ1) is 7.60. The number of Topliss-reactive ketones (excluding diaryl/α,β-unsaturated/α-hetero) is 1. The molecule has 1 aromatic carbocycles. The Kier molecular flexibility index (Phi) is 3.88. The number of hydrogen-bond donors (Lipinski definition) is 1. The summed E-state index contributed by atoms with van der Waals surface area (Å²) in [7, 11) is 2.82. The van der Waals surface area contributed by atoms with E-state index in [0.717, 1.165) is 0 Å². The highest BCUT2D eigenvalue weighted by Crippen LogP contribution is 2.29. The smallest absolute Gasteiger partial charge is 0.311 e. The molecule has 0 saturated carbocycles. The summed E-state index contributed by atoms with van der Waals surface area (Å²) < 4.78 is 9.99. The minimum atomic E-state index is -1.18. The average Bonchev–Trinajstić information content (AvgIpc) is 2.26. The Morgan fingerprint density at radius 3 is 2.06 bits per heavy atom. The molecule has 0 bridgehead atoms. The second-order valence-corrected chi connectivity index (χ2v) is 3.03. The van der Waals surface area contributed by atoms with Crippen molar-refractivity contribution >= 4 is 11.8 Å². The van der Waals surface area contributed by atoms with Gasteiger partial charge in [-0.1, -0.05) is 6.07 Å². The van der Waals surface area contributed by atoms with Gasteiger partial charge < -0.3 is 14.6 Å². The lowest BCUT2D eigenvalue weighted by atomic mass is 10.1. The van der Waals surface area contributed by atoms with Crippen molar-refractivity contribution in [1.29, 1.82) is 0 Å². The molecule has 0 amide bonds. The molecule has 0 saturated heterocycles. The van der Waals surface area contributed by atoms with Crippen LogP contribution in [0.5, 0.6) is 11.5 Å². The molecule has 0 unspecified atom stereocenters. The molecule has 1 rings (SSSR count). The van der Waals surface area contributed by atoms with Crippen molar-refractivity contribution in [2.75, 3.05) is 14.2 Å². The van der Waals surface area contributed by atoms with Crippen molar-refractivity contribution < 1.29 is 24.2 Å². The van der Waals surface area contributed by atoms with Gasteiger partial charge in [0.1, 0.15) is 23.5 Å². The molecule has 0 aliphatic heterocycles. The molecule has 0 aromatic heterocycles. The normalized spacial score (nSPS) is 9.62. The molecule has 0 fully saturated rings. The molecule has 0 radical (unpaired) electrons. The minimum Gasteiger partial charge on any atom is -0.496 e. The Morgan fingerprint density at radius 1 is 1.19 bits per heavy atom. The molecule has 1 N–H and O–H groups in total. The van der Waals surface area contributed by atoms with Gasteiger partial charge in [-0.2, -0.15) is 0 Å². The second-order valence-electron chi connectivity index (χ2n) is 3.03. The molecule has 0 heterocycles. The van der Waals surface area contributed by atoms with Crippen LogP contribution < -0.4 is 9.47 Å². The van der Waals surface area contributed by atoms with Crippen molar-refractivity contribution in [3.8, 4) is 11.5 Å². The van der Waals surface area contributed by atoms with Crippen LogP contribution in [0.25, 0.3) is 0 Å². The van der Waals surface area contributed by atoms with Gasteiger partial charge in [0.05, 0.1) is 14.2 Å². The van der Waals surface area contributed by atoms with Crippen LogP contribution in [0, 0.1) is 0 Å². The first kappa shape index (κ1) is 12.0. The summed E-state index contributed by atoms with van der Waals surface area (Å²) >= 11 is 0. The van der Waals surface area contributed by atoms with Crippen LogP contribution in [0.1, 0.15) is 16.8 Å². The third-order valence-corrected chi connectivity index (χ3v) is 2.02. The van der Waals surface area contributed by atoms with E-state index < -0.39 is 18.2 Å². The van der Waals surface area contributed by atoms with Crippen LogP contribution in [0.3, 0.4) is 0 Å². The Hall–Kier alpha value is -2.04. The summed E-state index contributed by atoms with van der Waals surface area (Å²) in [4.78, 5) is 22.2. The number of carboxylic acid groups (broad SMARTS) is 1. The summed E-state index contributed by atoms with van der Waals surface area (Å²) in [6.45, 7) is 0. The SMILES string of the molecule is COc1cccc(OC)c1C(=O)CC(=O)O. The summed E-state index contributed by atoms with van der Waals surface area (Å²) in [5.74, 6) is -1.10. The van der Waals surface area contributed by atoms with E-state index in [9.17, 15) is 9.59 Å². The van der Waals surface area contributed by atoms with Crippen LogP contribution in [0.2, 0.25) is 0 Å². The van der Waals surface area contributed by atoms with Crippen molar-refractivity contribution in [3.63, 3.8) is 0 Å². The number of carboxylic acids is 1. The number of benzene rings is 1. The molecule has 0 spiro atoms. The Bertz CT molecular complexity index is 389. The van der Waals surface area contributed by atoms with E-state index in [2.05, 4.69) is 0 Å². The maximum Gasteiger partial charge on any atom is 0.311 e. The zero-order chi connectivity index (χ0) is 12.1. The molecule has 0 aliphatic carbocycles. The monoisotopic (exact) mass is 224 g/mol. The van der Waals surface area contributed by atoms with Crippen LogP contribution in [0.15, 0.2) is 18.2 Å². The number of rotatable bonds is 5. The third-order valence-electron chi connectivity index (χ3n) is 2.02. The Labute approximate surface area is 92.6 Å². The summed E-state index contributed by atoms with van der Waals surface area (Å²) in [5, 5.41) is 8.57. The number of ether oxygens (including phenoxy) is 2. The van der Waals surface area contributed by atoms with Crippen LogP contribution in [0.4, 0.5) is 0 Å². The number of ketones is 1. The molecule has 1 aromatic rings. The van der Waals surface area contributed by atoms with E-state index in [0.29, 0.717) is 11.5 Å². The van der Waals surface area contributed by atoms with Gasteiger partial charge in [0.2, 0.25) is 0 Å². The number of hydrogen-bond acceptors (Lipinski definition) is 4. The largest absolute Gasteiger partial charge is 0.496 e. The van der Waals surface area contributed by atoms with E-state index in [-0.39, 0.29) is 5.56 Å². The molecule has 5 nitrogen and oxygen atoms in total. The highest BCUT2D eigenvalue weighted by Gasteiger charge is 2.20. The highest BCUT2D eigenvalue weighted by molar-refractivity contribution is 6.08. The summed E-state index contributed by atoms with van der Waals surface area (Å²) in [6.07, 6.45) is -0.587. The third kappa shape index (κ3) is 2.50. The molecule has 5 heteroatoms. The molecular formula is C11H12O5. The predicted molar refractivity (Wildman–Crippen MR) is 56.1 cm³/mol. The lowest BCUT2D eigenvalue weighted by Crippen LogP contribution is -2.10. The van der Waals surface area contributed by atoms with E-state index in [1.54, 1.807) is 18.2 Å². The van der Waals surface area contributed by atoms with Gasteiger partial charge in [-0.3, -0.25) is 9.59 Å². The maximum atomic E-state index is 11.7. The molecule has 16 heavy (non-hydrogen) atoms. The van der Waals surface area contributed by atoms with E-state index in [4.69, 9.17) is 14.6 Å². The van der Waals surface area contributed by atoms with Crippen molar-refractivity contribution in [3.05, 3.63) is 23.8 Å². The van der Waals surface area contributed by atoms with Crippen molar-refractivity contribution in [2.24, 2.45) is 0 Å². The highest BCUT2D eigenvalue weighted by atomic mass is 16.5. The van der Waals surface area contributed by atoms with Crippen LogP contribution in [-0.4, -0.2) is 31.1 Å². The van der Waals surface area contributed by atoms with Gasteiger partial charge in [-0.05, 0) is 12.1 Å². The Morgan fingerprint density at radius 2 is 1.69 bits per heavy atom. The van der Waals surface area contributed by atoms with Gasteiger partial charge in [-0.15, -0.1) is 0 Å². The number of carbonyl (C=O) groups is 2. The molecule has 0 atom stereocenters. The first-order valence-electron chi connectivity index (χ1n) is 4.56. The second kappa shape index (κ2) is 5.16. The van der Waals surface area contributed by atoms with E-state index >= 15 is 0 Å². The number of methoxy groups -OCH3 is 2. The van der Waals surface area contributed by atoms with E-state index in [1.165, 1.54) is 14.2 Å². The maximum absolute atomic E-state index is 11.7. The lowest BCUT2D eigenvalue weighted by Gasteiger charge is -2.10. The molecule has 86 valence electrons. The topological polar surface area (TPSA) is 72.8 Å². The average molecular weight is 224 g/mol.